The van der Waals surface area contributed by atoms with Crippen LogP contribution in [0.25, 0.3) is 0 Å². The molecule has 1 aromatic heterocycles. The van der Waals surface area contributed by atoms with E-state index in [1.54, 1.807) is 23.2 Å². The van der Waals surface area contributed by atoms with E-state index in [0.29, 0.717) is 25.2 Å². The van der Waals surface area contributed by atoms with Gasteiger partial charge in [-0.25, -0.2) is 13.4 Å². The summed E-state index contributed by atoms with van der Waals surface area (Å²) >= 11 is 0. The molecule has 1 saturated heterocycles. The lowest BCUT2D eigenvalue weighted by Gasteiger charge is -2.35. The first kappa shape index (κ1) is 16.7. The number of carbonyl (C=O) groups is 1. The Kier molecular flexibility index (Phi) is 4.42. The van der Waals surface area contributed by atoms with E-state index in [2.05, 4.69) is 10.3 Å². The second-order valence-electron chi connectivity index (χ2n) is 5.91. The van der Waals surface area contributed by atoms with Gasteiger partial charge < -0.3 is 14.8 Å². The highest BCUT2D eigenvalue weighted by molar-refractivity contribution is 7.90. The fraction of sp³-hybridized carbons (Fsp3) is 0.375. The minimum Gasteiger partial charge on any atom is -0.336 e. The molecule has 24 heavy (non-hydrogen) atoms. The van der Waals surface area contributed by atoms with Crippen LogP contribution in [0.15, 0.2) is 41.6 Å². The summed E-state index contributed by atoms with van der Waals surface area (Å²) in [6, 6.07) is 5.92. The molecule has 0 spiro atoms. The molecule has 2 heterocycles. The second-order valence-corrected chi connectivity index (χ2v) is 7.93. The number of imidazole rings is 1. The topological polar surface area (TPSA) is 84.3 Å². The van der Waals surface area contributed by atoms with Crippen LogP contribution < -0.4 is 5.32 Å². The van der Waals surface area contributed by atoms with Gasteiger partial charge in [-0.2, -0.15) is 0 Å². The summed E-state index contributed by atoms with van der Waals surface area (Å²) in [6.45, 7) is 1.93. The van der Waals surface area contributed by atoms with Gasteiger partial charge in [-0.1, -0.05) is 0 Å². The Bertz CT molecular complexity index is 842. The lowest BCUT2D eigenvalue weighted by atomic mass is 10.1. The largest absolute Gasteiger partial charge is 0.336 e. The van der Waals surface area contributed by atoms with Gasteiger partial charge in [-0.05, 0) is 24.3 Å². The Morgan fingerprint density at radius 1 is 1.29 bits per heavy atom. The minimum atomic E-state index is -3.27. The Morgan fingerprint density at radius 2 is 2.00 bits per heavy atom. The van der Waals surface area contributed by atoms with Crippen molar-refractivity contribution >= 4 is 15.7 Å². The van der Waals surface area contributed by atoms with Crippen molar-refractivity contribution in [2.45, 2.75) is 10.9 Å². The van der Waals surface area contributed by atoms with Gasteiger partial charge in [0.2, 0.25) is 0 Å². The molecule has 1 atom stereocenters. The lowest BCUT2D eigenvalue weighted by molar-refractivity contribution is 0.0621. The van der Waals surface area contributed by atoms with Crippen LogP contribution in [0.1, 0.15) is 22.2 Å². The summed E-state index contributed by atoms with van der Waals surface area (Å²) in [5.74, 6) is 0.702. The number of hydrogen-bond donors (Lipinski definition) is 1. The van der Waals surface area contributed by atoms with Gasteiger partial charge in [-0.15, -0.1) is 0 Å². The molecule has 7 nitrogen and oxygen atoms in total. The molecule has 1 aliphatic rings. The molecule has 8 heteroatoms. The molecule has 1 aromatic carbocycles. The van der Waals surface area contributed by atoms with Gasteiger partial charge in [0.15, 0.2) is 9.84 Å². The van der Waals surface area contributed by atoms with Crippen molar-refractivity contribution in [3.05, 3.63) is 48.0 Å². The molecule has 0 aliphatic carbocycles. The molecule has 0 bridgehead atoms. The molecule has 1 aliphatic heterocycles. The summed E-state index contributed by atoms with van der Waals surface area (Å²) in [5, 5.41) is 3.29. The Labute approximate surface area is 141 Å². The Morgan fingerprint density at radius 3 is 2.58 bits per heavy atom. The van der Waals surface area contributed by atoms with Crippen molar-refractivity contribution in [3.63, 3.8) is 0 Å². The van der Waals surface area contributed by atoms with Gasteiger partial charge in [0.25, 0.3) is 5.91 Å². The van der Waals surface area contributed by atoms with E-state index in [-0.39, 0.29) is 16.8 Å². The average molecular weight is 348 g/mol. The quantitative estimate of drug-likeness (QED) is 0.879. The third-order valence-electron chi connectivity index (χ3n) is 4.19. The maximum atomic E-state index is 12.9. The van der Waals surface area contributed by atoms with Crippen LogP contribution in [-0.4, -0.2) is 54.7 Å². The molecule has 1 amide bonds. The van der Waals surface area contributed by atoms with E-state index in [0.717, 1.165) is 12.1 Å². The molecule has 1 N–H and O–H groups in total. The average Bonchev–Trinajstić information content (AvgIpc) is 2.99. The van der Waals surface area contributed by atoms with E-state index in [9.17, 15) is 13.2 Å². The molecular formula is C16H20N4O3S. The van der Waals surface area contributed by atoms with E-state index in [1.807, 2.05) is 17.8 Å². The number of nitrogens with one attached hydrogen (secondary N) is 1. The third kappa shape index (κ3) is 3.20. The molecule has 3 rings (SSSR count). The number of piperazine rings is 1. The second kappa shape index (κ2) is 6.37. The number of hydrogen-bond acceptors (Lipinski definition) is 5. The van der Waals surface area contributed by atoms with Crippen LogP contribution in [0.2, 0.25) is 0 Å². The fourth-order valence-electron chi connectivity index (χ4n) is 2.89. The number of carbonyl (C=O) groups excluding carboxylic acids is 1. The maximum Gasteiger partial charge on any atom is 0.254 e. The predicted molar refractivity (Wildman–Crippen MR) is 89.4 cm³/mol. The summed E-state index contributed by atoms with van der Waals surface area (Å²) in [4.78, 5) is 19.2. The highest BCUT2D eigenvalue weighted by atomic mass is 32.2. The number of aromatic nitrogens is 2. The molecular weight excluding hydrogens is 328 g/mol. The number of benzene rings is 1. The summed E-state index contributed by atoms with van der Waals surface area (Å²) in [5.41, 5.74) is 0.475. The first-order chi connectivity index (χ1) is 11.4. The Balaban J connectivity index is 1.88. The number of sulfone groups is 1. The number of aryl methyl sites for hydroxylation is 1. The van der Waals surface area contributed by atoms with E-state index >= 15 is 0 Å². The van der Waals surface area contributed by atoms with Gasteiger partial charge in [0.1, 0.15) is 11.9 Å². The van der Waals surface area contributed by atoms with Crippen LogP contribution in [0.5, 0.6) is 0 Å². The van der Waals surface area contributed by atoms with Crippen LogP contribution in [-0.2, 0) is 16.9 Å². The van der Waals surface area contributed by atoms with Crippen molar-refractivity contribution < 1.29 is 13.2 Å². The normalized spacial score (nSPS) is 18.6. The SMILES string of the molecule is Cn1ccnc1C1CNCCN1C(=O)c1ccc(S(C)(=O)=O)cc1. The van der Waals surface area contributed by atoms with Crippen LogP contribution in [0, 0.1) is 0 Å². The molecule has 128 valence electrons. The van der Waals surface area contributed by atoms with Gasteiger partial charge >= 0.3 is 0 Å². The number of rotatable bonds is 3. The maximum absolute atomic E-state index is 12.9. The first-order valence-corrected chi connectivity index (χ1v) is 9.56. The van der Waals surface area contributed by atoms with Gasteiger partial charge in [0.05, 0.1) is 4.90 Å². The van der Waals surface area contributed by atoms with Crippen LogP contribution in [0.3, 0.4) is 0 Å². The lowest BCUT2D eigenvalue weighted by Crippen LogP contribution is -2.49. The monoisotopic (exact) mass is 348 g/mol. The molecule has 0 saturated carbocycles. The zero-order valence-electron chi connectivity index (χ0n) is 13.6. The first-order valence-electron chi connectivity index (χ1n) is 7.67. The van der Waals surface area contributed by atoms with Crippen LogP contribution >= 0.6 is 0 Å². The zero-order valence-corrected chi connectivity index (χ0v) is 14.5. The third-order valence-corrected chi connectivity index (χ3v) is 5.32. The summed E-state index contributed by atoms with van der Waals surface area (Å²) in [6.07, 6.45) is 4.72. The predicted octanol–water partition coefficient (Wildman–Crippen LogP) is 0.610. The van der Waals surface area contributed by atoms with E-state index in [4.69, 9.17) is 0 Å². The van der Waals surface area contributed by atoms with Gasteiger partial charge in [-0.3, -0.25) is 4.79 Å². The molecule has 2 aromatic rings. The molecule has 1 unspecified atom stereocenters. The van der Waals surface area contributed by atoms with Gasteiger partial charge in [0, 0.05) is 50.9 Å². The highest BCUT2D eigenvalue weighted by Gasteiger charge is 2.31. The Hall–Kier alpha value is -2.19. The molecule has 0 radical (unpaired) electrons. The van der Waals surface area contributed by atoms with Crippen molar-refractivity contribution in [2.24, 2.45) is 7.05 Å². The van der Waals surface area contributed by atoms with Crippen molar-refractivity contribution in [3.8, 4) is 0 Å². The minimum absolute atomic E-state index is 0.121. The summed E-state index contributed by atoms with van der Waals surface area (Å²) < 4.78 is 25.0. The van der Waals surface area contributed by atoms with E-state index in [1.165, 1.54) is 12.1 Å². The fourth-order valence-corrected chi connectivity index (χ4v) is 3.52. The number of nitrogens with zero attached hydrogens (tertiary/aromatic N) is 3. The van der Waals surface area contributed by atoms with Crippen molar-refractivity contribution in [1.82, 2.24) is 19.8 Å². The standard InChI is InChI=1S/C16H20N4O3S/c1-19-9-8-18-15(19)14-11-17-7-10-20(14)16(21)12-3-5-13(6-4-12)24(2,22)23/h3-6,8-9,14,17H,7,10-11H2,1-2H3. The zero-order chi connectivity index (χ0) is 17.3. The smallest absolute Gasteiger partial charge is 0.254 e. The van der Waals surface area contributed by atoms with E-state index < -0.39 is 9.84 Å². The van der Waals surface area contributed by atoms with Crippen molar-refractivity contribution in [1.29, 1.82) is 0 Å². The number of amides is 1. The molecule has 1 fully saturated rings. The highest BCUT2D eigenvalue weighted by Crippen LogP contribution is 2.23. The van der Waals surface area contributed by atoms with Crippen molar-refractivity contribution in [2.75, 3.05) is 25.9 Å². The summed E-state index contributed by atoms with van der Waals surface area (Å²) in [7, 11) is -1.37. The van der Waals surface area contributed by atoms with Crippen LogP contribution in [0.4, 0.5) is 0 Å².